The van der Waals surface area contributed by atoms with Crippen molar-refractivity contribution in [2.45, 2.75) is 20.3 Å². The van der Waals surface area contributed by atoms with Crippen LogP contribution >= 0.6 is 0 Å². The van der Waals surface area contributed by atoms with Crippen molar-refractivity contribution >= 4 is 28.5 Å². The molecule has 0 aliphatic carbocycles. The number of allylic oxidation sites excluding steroid dienone is 1. The molecular weight excluding hydrogens is 352 g/mol. The van der Waals surface area contributed by atoms with E-state index in [1.807, 2.05) is 54.6 Å². The number of carbonyl (C=O) groups is 2. The lowest BCUT2D eigenvalue weighted by molar-refractivity contribution is -0.138. The summed E-state index contributed by atoms with van der Waals surface area (Å²) in [4.78, 5) is 32.0. The molecule has 0 atom stereocenters. The Hall–Kier alpha value is -3.47. The molecule has 5 nitrogen and oxygen atoms in total. The van der Waals surface area contributed by atoms with Crippen LogP contribution in [-0.2, 0) is 16.0 Å². The van der Waals surface area contributed by atoms with Crippen molar-refractivity contribution in [1.29, 1.82) is 0 Å². The van der Waals surface area contributed by atoms with Gasteiger partial charge in [-0.15, -0.1) is 0 Å². The molecule has 0 saturated heterocycles. The molecule has 140 valence electrons. The fourth-order valence-electron chi connectivity index (χ4n) is 3.57. The SMILES string of the molecule is CCOC(=O)/C(C)=C1/Cc2ccccc2C(=O)N1c1cccc2cccnc12. The summed E-state index contributed by atoms with van der Waals surface area (Å²) in [6, 6.07) is 17.0. The lowest BCUT2D eigenvalue weighted by Crippen LogP contribution is -2.37. The monoisotopic (exact) mass is 372 g/mol. The van der Waals surface area contributed by atoms with Gasteiger partial charge in [-0.25, -0.2) is 4.79 Å². The molecule has 2 heterocycles. The largest absolute Gasteiger partial charge is 0.463 e. The number of anilines is 1. The standard InChI is InChI=1S/C23H20N2O3/c1-3-28-23(27)15(2)20-14-17-8-4-5-11-18(17)22(26)25(20)19-12-6-9-16-10-7-13-24-21(16)19/h4-13H,3,14H2,1-2H3/b20-15-. The highest BCUT2D eigenvalue weighted by atomic mass is 16.5. The first-order valence-electron chi connectivity index (χ1n) is 9.24. The second-order valence-electron chi connectivity index (χ2n) is 6.62. The van der Waals surface area contributed by atoms with E-state index in [0.717, 1.165) is 10.9 Å². The van der Waals surface area contributed by atoms with Gasteiger partial charge in [0.25, 0.3) is 5.91 Å². The van der Waals surface area contributed by atoms with E-state index < -0.39 is 5.97 Å². The number of nitrogens with zero attached hydrogens (tertiary/aromatic N) is 2. The Morgan fingerprint density at radius 2 is 1.89 bits per heavy atom. The molecule has 4 rings (SSSR count). The number of esters is 1. The van der Waals surface area contributed by atoms with Crippen molar-refractivity contribution in [3.05, 3.63) is 83.2 Å². The molecule has 0 saturated carbocycles. The molecule has 0 radical (unpaired) electrons. The van der Waals surface area contributed by atoms with Gasteiger partial charge in [-0.1, -0.05) is 36.4 Å². The minimum absolute atomic E-state index is 0.168. The predicted molar refractivity (Wildman–Crippen MR) is 108 cm³/mol. The zero-order valence-electron chi connectivity index (χ0n) is 15.8. The van der Waals surface area contributed by atoms with E-state index >= 15 is 0 Å². The van der Waals surface area contributed by atoms with Gasteiger partial charge < -0.3 is 4.74 Å². The number of para-hydroxylation sites is 1. The first-order valence-corrected chi connectivity index (χ1v) is 9.24. The molecule has 1 aromatic heterocycles. The van der Waals surface area contributed by atoms with Crippen molar-refractivity contribution in [1.82, 2.24) is 4.98 Å². The minimum atomic E-state index is -0.414. The highest BCUT2D eigenvalue weighted by Gasteiger charge is 2.33. The van der Waals surface area contributed by atoms with Gasteiger partial charge >= 0.3 is 5.97 Å². The molecule has 1 amide bonds. The summed E-state index contributed by atoms with van der Waals surface area (Å²) in [5, 5.41) is 0.930. The number of ether oxygens (including phenoxy) is 1. The maximum absolute atomic E-state index is 13.5. The Labute approximate surface area is 163 Å². The molecule has 1 aliphatic rings. The van der Waals surface area contributed by atoms with Crippen LogP contribution in [0.2, 0.25) is 0 Å². The average Bonchev–Trinajstić information content (AvgIpc) is 2.73. The highest BCUT2D eigenvalue weighted by Crippen LogP contribution is 2.35. The number of carbonyl (C=O) groups excluding carboxylic acids is 2. The third-order valence-corrected chi connectivity index (χ3v) is 4.95. The fraction of sp³-hybridized carbons (Fsp3) is 0.174. The summed E-state index contributed by atoms with van der Waals surface area (Å²) in [6.45, 7) is 3.76. The maximum atomic E-state index is 13.5. The number of hydrogen-bond donors (Lipinski definition) is 0. The Balaban J connectivity index is 1.97. The fourth-order valence-corrected chi connectivity index (χ4v) is 3.57. The van der Waals surface area contributed by atoms with Crippen LogP contribution in [0.25, 0.3) is 10.9 Å². The summed E-state index contributed by atoms with van der Waals surface area (Å²) in [6.07, 6.45) is 2.17. The molecule has 2 aromatic carbocycles. The van der Waals surface area contributed by atoms with Gasteiger partial charge in [0.1, 0.15) is 0 Å². The van der Waals surface area contributed by atoms with E-state index in [2.05, 4.69) is 4.98 Å². The van der Waals surface area contributed by atoms with Crippen LogP contribution in [0, 0.1) is 0 Å². The first-order chi connectivity index (χ1) is 13.6. The summed E-state index contributed by atoms with van der Waals surface area (Å²) < 4.78 is 5.20. The first kappa shape index (κ1) is 17.9. The normalized spacial score (nSPS) is 15.4. The molecule has 5 heteroatoms. The number of benzene rings is 2. The molecule has 1 aliphatic heterocycles. The Bertz CT molecular complexity index is 1110. The molecule has 0 spiro atoms. The van der Waals surface area contributed by atoms with Crippen molar-refractivity contribution in [3.63, 3.8) is 0 Å². The summed E-state index contributed by atoms with van der Waals surface area (Å²) in [7, 11) is 0. The number of pyridine rings is 1. The van der Waals surface area contributed by atoms with Gasteiger partial charge in [0.15, 0.2) is 0 Å². The molecule has 0 N–H and O–H groups in total. The summed E-state index contributed by atoms with van der Waals surface area (Å²) in [5.74, 6) is -0.582. The zero-order chi connectivity index (χ0) is 19.7. The van der Waals surface area contributed by atoms with Crippen molar-refractivity contribution in [3.8, 4) is 0 Å². The molecule has 28 heavy (non-hydrogen) atoms. The molecular formula is C23H20N2O3. The molecule has 0 fully saturated rings. The van der Waals surface area contributed by atoms with Crippen LogP contribution in [0.4, 0.5) is 5.69 Å². The van der Waals surface area contributed by atoms with Crippen molar-refractivity contribution < 1.29 is 14.3 Å². The van der Waals surface area contributed by atoms with Crippen LogP contribution < -0.4 is 4.90 Å². The summed E-state index contributed by atoms with van der Waals surface area (Å²) >= 11 is 0. The van der Waals surface area contributed by atoms with Crippen molar-refractivity contribution in [2.24, 2.45) is 0 Å². The van der Waals surface area contributed by atoms with Crippen LogP contribution in [0.5, 0.6) is 0 Å². The second-order valence-corrected chi connectivity index (χ2v) is 6.62. The molecule has 0 bridgehead atoms. The Kier molecular flexibility index (Phi) is 4.65. The third-order valence-electron chi connectivity index (χ3n) is 4.95. The summed E-state index contributed by atoms with van der Waals surface area (Å²) in [5.41, 5.74) is 3.97. The van der Waals surface area contributed by atoms with E-state index in [-0.39, 0.29) is 12.5 Å². The van der Waals surface area contributed by atoms with Gasteiger partial charge in [0.2, 0.25) is 0 Å². The second kappa shape index (κ2) is 7.27. The van der Waals surface area contributed by atoms with E-state index in [9.17, 15) is 9.59 Å². The van der Waals surface area contributed by atoms with Gasteiger partial charge in [-0.3, -0.25) is 14.7 Å². The van der Waals surface area contributed by atoms with E-state index in [1.54, 1.807) is 24.9 Å². The topological polar surface area (TPSA) is 59.5 Å². The van der Waals surface area contributed by atoms with Gasteiger partial charge in [-0.05, 0) is 37.6 Å². The van der Waals surface area contributed by atoms with Crippen molar-refractivity contribution in [2.75, 3.05) is 11.5 Å². The number of fused-ring (bicyclic) bond motifs is 2. The van der Waals surface area contributed by atoms with Crippen LogP contribution in [0.1, 0.15) is 29.8 Å². The maximum Gasteiger partial charge on any atom is 0.335 e. The number of aromatic nitrogens is 1. The van der Waals surface area contributed by atoms with Crippen LogP contribution in [0.15, 0.2) is 72.1 Å². The Morgan fingerprint density at radius 1 is 1.11 bits per heavy atom. The van der Waals surface area contributed by atoms with Gasteiger partial charge in [0, 0.05) is 29.3 Å². The number of hydrogen-bond acceptors (Lipinski definition) is 4. The average molecular weight is 372 g/mol. The zero-order valence-corrected chi connectivity index (χ0v) is 15.8. The highest BCUT2D eigenvalue weighted by molar-refractivity contribution is 6.15. The van der Waals surface area contributed by atoms with E-state index in [0.29, 0.717) is 34.5 Å². The smallest absolute Gasteiger partial charge is 0.335 e. The van der Waals surface area contributed by atoms with Gasteiger partial charge in [-0.2, -0.15) is 0 Å². The minimum Gasteiger partial charge on any atom is -0.463 e. The third kappa shape index (κ3) is 2.95. The van der Waals surface area contributed by atoms with E-state index in [1.165, 1.54) is 0 Å². The number of rotatable bonds is 3. The lowest BCUT2D eigenvalue weighted by atomic mass is 9.93. The molecule has 0 unspecified atom stereocenters. The van der Waals surface area contributed by atoms with Crippen LogP contribution in [-0.4, -0.2) is 23.5 Å². The van der Waals surface area contributed by atoms with E-state index in [4.69, 9.17) is 4.74 Å². The lowest BCUT2D eigenvalue weighted by Gasteiger charge is -2.32. The molecule has 3 aromatic rings. The van der Waals surface area contributed by atoms with Gasteiger partial charge in [0.05, 0.1) is 23.4 Å². The predicted octanol–water partition coefficient (Wildman–Crippen LogP) is 4.27. The Morgan fingerprint density at radius 3 is 2.71 bits per heavy atom. The number of amides is 1. The quantitative estimate of drug-likeness (QED) is 0.509. The van der Waals surface area contributed by atoms with Crippen LogP contribution in [0.3, 0.4) is 0 Å².